The lowest BCUT2D eigenvalue weighted by Crippen LogP contribution is -1.87. The highest BCUT2D eigenvalue weighted by atomic mass is 35.5. The van der Waals surface area contributed by atoms with Crippen LogP contribution in [0, 0.1) is 0 Å². The van der Waals surface area contributed by atoms with Gasteiger partial charge in [0.1, 0.15) is 0 Å². The number of nitrogen functional groups attached to an aromatic ring is 1. The van der Waals surface area contributed by atoms with Gasteiger partial charge in [0.25, 0.3) is 0 Å². The first-order valence-electron chi connectivity index (χ1n) is 5.93. The Morgan fingerprint density at radius 2 is 2.11 bits per heavy atom. The number of benzene rings is 1. The molecule has 0 spiro atoms. The molecule has 1 aliphatic carbocycles. The summed E-state index contributed by atoms with van der Waals surface area (Å²) < 4.78 is 0. The van der Waals surface area contributed by atoms with Crippen molar-refractivity contribution in [3.8, 4) is 0 Å². The van der Waals surface area contributed by atoms with E-state index in [1.54, 1.807) is 12.4 Å². The first-order valence-corrected chi connectivity index (χ1v) is 6.31. The van der Waals surface area contributed by atoms with Gasteiger partial charge >= 0.3 is 0 Å². The maximum Gasteiger partial charge on any atom is 0.0661 e. The van der Waals surface area contributed by atoms with Gasteiger partial charge in [0.05, 0.1) is 5.02 Å². The van der Waals surface area contributed by atoms with Crippen LogP contribution < -0.4 is 5.73 Å². The van der Waals surface area contributed by atoms with Crippen molar-refractivity contribution in [2.75, 3.05) is 5.73 Å². The summed E-state index contributed by atoms with van der Waals surface area (Å²) in [5.41, 5.74) is 11.6. The van der Waals surface area contributed by atoms with E-state index < -0.39 is 0 Å². The molecule has 3 rings (SSSR count). The molecule has 18 heavy (non-hydrogen) atoms. The summed E-state index contributed by atoms with van der Waals surface area (Å²) in [6.45, 7) is 0. The van der Waals surface area contributed by atoms with E-state index in [1.807, 2.05) is 12.1 Å². The van der Waals surface area contributed by atoms with Crippen molar-refractivity contribution in [3.63, 3.8) is 0 Å². The number of aromatic nitrogens is 1. The lowest BCUT2D eigenvalue weighted by Gasteiger charge is -2.03. The smallest absolute Gasteiger partial charge is 0.0661 e. The number of halogens is 1. The fraction of sp³-hybridized carbons (Fsp3) is 0.133. The van der Waals surface area contributed by atoms with E-state index >= 15 is 0 Å². The Morgan fingerprint density at radius 1 is 1.22 bits per heavy atom. The Bertz CT molecular complexity index is 632. The highest BCUT2D eigenvalue weighted by Crippen LogP contribution is 2.35. The van der Waals surface area contributed by atoms with Gasteiger partial charge in [-0.25, -0.2) is 0 Å². The van der Waals surface area contributed by atoms with Gasteiger partial charge in [-0.2, -0.15) is 0 Å². The Morgan fingerprint density at radius 3 is 2.94 bits per heavy atom. The largest absolute Gasteiger partial charge is 0.399 e. The first kappa shape index (κ1) is 11.3. The van der Waals surface area contributed by atoms with Crippen LogP contribution in [0.15, 0.2) is 36.7 Å². The van der Waals surface area contributed by atoms with Crippen LogP contribution in [0.1, 0.15) is 23.1 Å². The number of pyridine rings is 1. The number of anilines is 1. The SMILES string of the molecule is Nc1ccc2c(c1)CC/C2=C/c1ccncc1Cl. The molecule has 0 saturated carbocycles. The second kappa shape index (κ2) is 4.46. The molecule has 1 aliphatic rings. The average Bonchev–Trinajstić information content (AvgIpc) is 2.74. The number of fused-ring (bicyclic) bond motifs is 1. The number of hydrogen-bond donors (Lipinski definition) is 1. The van der Waals surface area contributed by atoms with Crippen molar-refractivity contribution < 1.29 is 0 Å². The minimum absolute atomic E-state index is 0.689. The highest BCUT2D eigenvalue weighted by Gasteiger charge is 2.16. The van der Waals surface area contributed by atoms with Gasteiger partial charge in [-0.1, -0.05) is 17.7 Å². The third-order valence-corrected chi connectivity index (χ3v) is 3.59. The molecule has 2 aromatic rings. The topological polar surface area (TPSA) is 38.9 Å². The minimum atomic E-state index is 0.689. The molecule has 90 valence electrons. The van der Waals surface area contributed by atoms with Crippen molar-refractivity contribution in [2.24, 2.45) is 0 Å². The summed E-state index contributed by atoms with van der Waals surface area (Å²) in [6, 6.07) is 8.04. The number of nitrogens with zero attached hydrogens (tertiary/aromatic N) is 1. The summed E-state index contributed by atoms with van der Waals surface area (Å²) in [5.74, 6) is 0. The van der Waals surface area contributed by atoms with Gasteiger partial charge in [0, 0.05) is 18.1 Å². The zero-order valence-corrected chi connectivity index (χ0v) is 10.6. The zero-order valence-electron chi connectivity index (χ0n) is 9.86. The molecule has 3 heteroatoms. The van der Waals surface area contributed by atoms with Gasteiger partial charge < -0.3 is 5.73 Å². The van der Waals surface area contributed by atoms with Crippen LogP contribution in [-0.2, 0) is 6.42 Å². The van der Waals surface area contributed by atoms with Crippen molar-refractivity contribution in [3.05, 3.63) is 58.4 Å². The lowest BCUT2D eigenvalue weighted by atomic mass is 10.0. The maximum atomic E-state index is 6.13. The second-order valence-corrected chi connectivity index (χ2v) is 4.89. The highest BCUT2D eigenvalue weighted by molar-refractivity contribution is 6.32. The number of nitrogens with two attached hydrogens (primary N) is 1. The zero-order chi connectivity index (χ0) is 12.5. The van der Waals surface area contributed by atoms with Crippen molar-refractivity contribution in [1.82, 2.24) is 4.98 Å². The van der Waals surface area contributed by atoms with Gasteiger partial charge in [-0.15, -0.1) is 0 Å². The van der Waals surface area contributed by atoms with Crippen LogP contribution in [0.3, 0.4) is 0 Å². The molecule has 0 fully saturated rings. The summed E-state index contributed by atoms with van der Waals surface area (Å²) in [6.07, 6.45) is 7.67. The van der Waals surface area contributed by atoms with Gasteiger partial charge in [0.15, 0.2) is 0 Å². The molecule has 1 aromatic heterocycles. The van der Waals surface area contributed by atoms with E-state index in [1.165, 1.54) is 16.7 Å². The lowest BCUT2D eigenvalue weighted by molar-refractivity contribution is 1.08. The Kier molecular flexibility index (Phi) is 2.80. The van der Waals surface area contributed by atoms with Crippen molar-refractivity contribution in [1.29, 1.82) is 0 Å². The van der Waals surface area contributed by atoms with Gasteiger partial charge in [0.2, 0.25) is 0 Å². The van der Waals surface area contributed by atoms with Gasteiger partial charge in [-0.05, 0) is 59.4 Å². The van der Waals surface area contributed by atoms with E-state index in [2.05, 4.69) is 23.2 Å². The third kappa shape index (κ3) is 2.00. The predicted molar refractivity (Wildman–Crippen MR) is 76.3 cm³/mol. The molecule has 0 unspecified atom stereocenters. The predicted octanol–water partition coefficient (Wildman–Crippen LogP) is 3.80. The van der Waals surface area contributed by atoms with Crippen LogP contribution in [-0.4, -0.2) is 4.98 Å². The van der Waals surface area contributed by atoms with Crippen LogP contribution in [0.2, 0.25) is 5.02 Å². The number of rotatable bonds is 1. The first-order chi connectivity index (χ1) is 8.74. The fourth-order valence-corrected chi connectivity index (χ4v) is 2.55. The Labute approximate surface area is 111 Å². The van der Waals surface area contributed by atoms with Gasteiger partial charge in [-0.3, -0.25) is 4.98 Å². The molecular formula is C15H13ClN2. The Hall–Kier alpha value is -1.80. The quantitative estimate of drug-likeness (QED) is 0.788. The molecule has 1 aromatic carbocycles. The number of hydrogen-bond acceptors (Lipinski definition) is 2. The van der Waals surface area contributed by atoms with Crippen molar-refractivity contribution in [2.45, 2.75) is 12.8 Å². The van der Waals surface area contributed by atoms with E-state index in [0.717, 1.165) is 24.1 Å². The van der Waals surface area contributed by atoms with E-state index in [9.17, 15) is 0 Å². The minimum Gasteiger partial charge on any atom is -0.399 e. The summed E-state index contributed by atoms with van der Waals surface area (Å²) in [5, 5.41) is 0.689. The Balaban J connectivity index is 2.04. The molecule has 0 saturated heterocycles. The monoisotopic (exact) mass is 256 g/mol. The molecule has 2 nitrogen and oxygen atoms in total. The molecular weight excluding hydrogens is 244 g/mol. The fourth-order valence-electron chi connectivity index (χ4n) is 2.38. The number of aryl methyl sites for hydroxylation is 1. The normalized spacial score (nSPS) is 15.9. The van der Waals surface area contributed by atoms with Crippen LogP contribution in [0.25, 0.3) is 11.6 Å². The number of allylic oxidation sites excluding steroid dienone is 1. The molecule has 0 bridgehead atoms. The molecule has 0 aliphatic heterocycles. The summed E-state index contributed by atoms with van der Waals surface area (Å²) in [7, 11) is 0. The van der Waals surface area contributed by atoms with Crippen molar-refractivity contribution >= 4 is 28.9 Å². The average molecular weight is 257 g/mol. The van der Waals surface area contributed by atoms with E-state index in [4.69, 9.17) is 17.3 Å². The van der Waals surface area contributed by atoms with Crippen LogP contribution >= 0.6 is 11.6 Å². The molecule has 0 amide bonds. The molecule has 0 atom stereocenters. The van der Waals surface area contributed by atoms with Crippen LogP contribution in [0.4, 0.5) is 5.69 Å². The second-order valence-electron chi connectivity index (χ2n) is 4.48. The summed E-state index contributed by atoms with van der Waals surface area (Å²) in [4.78, 5) is 4.00. The standard InChI is InChI=1S/C15H13ClN2/c16-15-9-18-6-5-12(15)7-10-1-2-11-8-13(17)3-4-14(10)11/h3-9H,1-2,17H2/b10-7-. The third-order valence-electron chi connectivity index (χ3n) is 3.27. The molecule has 0 radical (unpaired) electrons. The maximum absolute atomic E-state index is 6.13. The van der Waals surface area contributed by atoms with E-state index in [0.29, 0.717) is 5.02 Å². The van der Waals surface area contributed by atoms with E-state index in [-0.39, 0.29) is 0 Å². The van der Waals surface area contributed by atoms with Crippen LogP contribution in [0.5, 0.6) is 0 Å². The summed E-state index contributed by atoms with van der Waals surface area (Å²) >= 11 is 6.13. The molecule has 2 N–H and O–H groups in total. The molecule has 1 heterocycles.